The molecule has 0 bridgehead atoms. The number of aromatic amines is 1. The van der Waals surface area contributed by atoms with Gasteiger partial charge in [-0.3, -0.25) is 0 Å². The maximum absolute atomic E-state index is 12.5. The second kappa shape index (κ2) is 8.71. The van der Waals surface area contributed by atoms with E-state index in [4.69, 9.17) is 10.2 Å². The van der Waals surface area contributed by atoms with Gasteiger partial charge in [-0.05, 0) is 49.8 Å². The minimum atomic E-state index is -0.266. The van der Waals surface area contributed by atoms with Crippen molar-refractivity contribution in [3.63, 3.8) is 0 Å². The molecule has 5 rings (SSSR count). The van der Waals surface area contributed by atoms with E-state index in [2.05, 4.69) is 31.2 Å². The first-order valence-corrected chi connectivity index (χ1v) is 11.0. The molecule has 0 saturated heterocycles. The van der Waals surface area contributed by atoms with Crippen LogP contribution in [0.15, 0.2) is 48.8 Å². The van der Waals surface area contributed by atoms with Crippen LogP contribution in [0.2, 0.25) is 0 Å². The van der Waals surface area contributed by atoms with Crippen molar-refractivity contribution in [2.75, 3.05) is 5.32 Å². The molecule has 1 aliphatic carbocycles. The summed E-state index contributed by atoms with van der Waals surface area (Å²) in [5.74, 6) is 1.29. The van der Waals surface area contributed by atoms with Crippen molar-refractivity contribution in [3.8, 4) is 6.07 Å². The van der Waals surface area contributed by atoms with Crippen LogP contribution in [-0.4, -0.2) is 25.6 Å². The van der Waals surface area contributed by atoms with Gasteiger partial charge in [-0.15, -0.1) is 0 Å². The molecule has 1 aliphatic rings. The third kappa shape index (κ3) is 3.89. The lowest BCUT2D eigenvalue weighted by Gasteiger charge is -2.30. The number of imidazole rings is 1. The quantitative estimate of drug-likeness (QED) is 0.421. The minimum absolute atomic E-state index is 0.266. The summed E-state index contributed by atoms with van der Waals surface area (Å²) in [4.78, 5) is 25.0. The molecule has 8 heteroatoms. The number of rotatable bonds is 5. The average Bonchev–Trinajstić information content (AvgIpc) is 3.43. The van der Waals surface area contributed by atoms with E-state index < -0.39 is 0 Å². The summed E-state index contributed by atoms with van der Waals surface area (Å²) < 4.78 is 2.29. The van der Waals surface area contributed by atoms with E-state index in [1.54, 1.807) is 6.20 Å². The molecule has 1 aromatic carbocycles. The van der Waals surface area contributed by atoms with Crippen LogP contribution in [0.3, 0.4) is 0 Å². The largest absolute Gasteiger partial charge is 0.346 e. The number of amides is 2. The summed E-state index contributed by atoms with van der Waals surface area (Å²) in [5.41, 5.74) is 3.46. The van der Waals surface area contributed by atoms with Crippen molar-refractivity contribution in [3.05, 3.63) is 54.6 Å². The van der Waals surface area contributed by atoms with Crippen molar-refractivity contribution >= 4 is 33.8 Å². The number of carbonyl (C=O) groups excluding carboxylic acids is 1. The zero-order valence-electron chi connectivity index (χ0n) is 17.7. The highest BCUT2D eigenvalue weighted by atomic mass is 16.2. The number of anilines is 1. The highest BCUT2D eigenvalue weighted by molar-refractivity contribution is 6.01. The van der Waals surface area contributed by atoms with Crippen molar-refractivity contribution in [2.24, 2.45) is 5.92 Å². The van der Waals surface area contributed by atoms with Gasteiger partial charge in [0.2, 0.25) is 0 Å². The molecule has 2 amide bonds. The Labute approximate surface area is 185 Å². The van der Waals surface area contributed by atoms with Crippen LogP contribution >= 0.6 is 0 Å². The van der Waals surface area contributed by atoms with Gasteiger partial charge in [-0.2, -0.15) is 5.26 Å². The molecule has 8 nitrogen and oxygen atoms in total. The fraction of sp³-hybridized carbons (Fsp3) is 0.333. The van der Waals surface area contributed by atoms with Gasteiger partial charge in [-0.1, -0.05) is 18.2 Å². The van der Waals surface area contributed by atoms with Gasteiger partial charge in [0.15, 0.2) is 0 Å². The van der Waals surface area contributed by atoms with Crippen LogP contribution < -0.4 is 10.6 Å². The minimum Gasteiger partial charge on any atom is -0.346 e. The number of nitriles is 1. The predicted octanol–water partition coefficient (Wildman–Crippen LogP) is 4.88. The smallest absolute Gasteiger partial charge is 0.319 e. The number of aromatic nitrogens is 4. The van der Waals surface area contributed by atoms with Gasteiger partial charge in [0.05, 0.1) is 24.3 Å². The molecule has 32 heavy (non-hydrogen) atoms. The number of fused-ring (bicyclic) bond motifs is 3. The number of carbonyl (C=O) groups is 1. The van der Waals surface area contributed by atoms with Crippen molar-refractivity contribution in [1.29, 1.82) is 5.26 Å². The van der Waals surface area contributed by atoms with E-state index >= 15 is 0 Å². The molecule has 0 radical (unpaired) electrons. The lowest BCUT2D eigenvalue weighted by molar-refractivity contribution is 0.250. The third-order valence-electron chi connectivity index (χ3n) is 6.31. The van der Waals surface area contributed by atoms with Crippen LogP contribution in [0.25, 0.3) is 22.1 Å². The summed E-state index contributed by atoms with van der Waals surface area (Å²) in [7, 11) is 0. The topological polar surface area (TPSA) is 111 Å². The average molecular weight is 428 g/mol. The van der Waals surface area contributed by atoms with E-state index in [0.29, 0.717) is 18.9 Å². The van der Waals surface area contributed by atoms with Crippen LogP contribution in [-0.2, 0) is 6.54 Å². The summed E-state index contributed by atoms with van der Waals surface area (Å²) in [6.07, 6.45) is 8.35. The Bertz CT molecular complexity index is 1280. The molecule has 0 spiro atoms. The Morgan fingerprint density at radius 1 is 1.19 bits per heavy atom. The number of hydrogen-bond donors (Lipinski definition) is 3. The number of para-hydroxylation sites is 1. The number of urea groups is 1. The summed E-state index contributed by atoms with van der Waals surface area (Å²) in [6.45, 7) is 0.317. The second-order valence-corrected chi connectivity index (χ2v) is 8.34. The third-order valence-corrected chi connectivity index (χ3v) is 6.31. The number of pyridine rings is 1. The van der Waals surface area contributed by atoms with E-state index in [-0.39, 0.29) is 12.1 Å². The Hall–Kier alpha value is -3.86. The van der Waals surface area contributed by atoms with Gasteiger partial charge >= 0.3 is 6.03 Å². The van der Waals surface area contributed by atoms with Crippen molar-refractivity contribution in [2.45, 2.75) is 44.7 Å². The molecule has 4 aromatic rings. The van der Waals surface area contributed by atoms with Crippen molar-refractivity contribution < 1.29 is 4.79 Å². The number of nitrogens with one attached hydrogen (secondary N) is 3. The first-order chi connectivity index (χ1) is 15.7. The Morgan fingerprint density at radius 3 is 2.78 bits per heavy atom. The molecule has 162 valence electrons. The highest BCUT2D eigenvalue weighted by Crippen LogP contribution is 2.37. The molecule has 0 atom stereocenters. The second-order valence-electron chi connectivity index (χ2n) is 8.34. The zero-order chi connectivity index (χ0) is 21.9. The highest BCUT2D eigenvalue weighted by Gasteiger charge is 2.27. The monoisotopic (exact) mass is 427 g/mol. The zero-order valence-corrected chi connectivity index (χ0v) is 17.7. The fourth-order valence-electron chi connectivity index (χ4n) is 4.75. The van der Waals surface area contributed by atoms with Gasteiger partial charge in [0.1, 0.15) is 17.0 Å². The first-order valence-electron chi connectivity index (χ1n) is 11.0. The fourth-order valence-corrected chi connectivity index (χ4v) is 4.75. The maximum atomic E-state index is 12.5. The molecule has 3 heterocycles. The normalized spacial score (nSPS) is 18.5. The van der Waals surface area contributed by atoms with E-state index in [0.717, 1.165) is 59.3 Å². The lowest BCUT2D eigenvalue weighted by atomic mass is 9.84. The van der Waals surface area contributed by atoms with Crippen molar-refractivity contribution in [1.82, 2.24) is 24.8 Å². The van der Waals surface area contributed by atoms with Crippen LogP contribution in [0.5, 0.6) is 0 Å². The van der Waals surface area contributed by atoms with Gasteiger partial charge in [0, 0.05) is 29.7 Å². The molecule has 0 unspecified atom stereocenters. The van der Waals surface area contributed by atoms with E-state index in [1.165, 1.54) is 0 Å². The summed E-state index contributed by atoms with van der Waals surface area (Å²) in [5, 5.41) is 15.9. The number of H-pyrrole nitrogens is 1. The lowest BCUT2D eigenvalue weighted by Crippen LogP contribution is -2.30. The number of nitrogens with zero attached hydrogens (tertiary/aromatic N) is 4. The molecular formula is C24H25N7O. The van der Waals surface area contributed by atoms with Crippen LogP contribution in [0, 0.1) is 17.2 Å². The SMILES string of the molecule is N#CC[C@H]1CC[C@H](n2c(CNC(=O)Nc3ccccc3)nc3cnc4[nH]ccc4c32)CC1. The van der Waals surface area contributed by atoms with Gasteiger partial charge in [0.25, 0.3) is 0 Å². The number of hydrogen-bond acceptors (Lipinski definition) is 4. The Balaban J connectivity index is 1.43. The summed E-state index contributed by atoms with van der Waals surface area (Å²) in [6, 6.07) is 13.7. The van der Waals surface area contributed by atoms with Crippen LogP contribution in [0.1, 0.15) is 44.0 Å². The van der Waals surface area contributed by atoms with Gasteiger partial charge < -0.3 is 20.2 Å². The number of benzene rings is 1. The molecule has 0 aliphatic heterocycles. The molecular weight excluding hydrogens is 402 g/mol. The Kier molecular flexibility index (Phi) is 5.46. The first kappa shape index (κ1) is 20.1. The van der Waals surface area contributed by atoms with Gasteiger partial charge in [-0.25, -0.2) is 14.8 Å². The Morgan fingerprint density at radius 2 is 2.00 bits per heavy atom. The molecule has 3 aromatic heterocycles. The van der Waals surface area contributed by atoms with E-state index in [9.17, 15) is 4.79 Å². The predicted molar refractivity (Wildman–Crippen MR) is 123 cm³/mol. The summed E-state index contributed by atoms with van der Waals surface area (Å²) >= 11 is 0. The molecule has 1 saturated carbocycles. The standard InChI is InChI=1S/C24H25N7O/c25-12-10-16-6-8-18(9-7-16)31-21(15-28-24(32)29-17-4-2-1-3-5-17)30-20-14-27-23-19(22(20)31)11-13-26-23/h1-5,11,13-14,16,18H,6-10,15H2,(H,26,27)(H2,28,29,32)/t16-,18-. The van der Waals surface area contributed by atoms with Crippen LogP contribution in [0.4, 0.5) is 10.5 Å². The van der Waals surface area contributed by atoms with E-state index in [1.807, 2.05) is 42.6 Å². The maximum Gasteiger partial charge on any atom is 0.319 e. The molecule has 1 fully saturated rings. The molecule has 3 N–H and O–H groups in total.